The van der Waals surface area contributed by atoms with Gasteiger partial charge in [0.2, 0.25) is 0 Å². The van der Waals surface area contributed by atoms with E-state index in [4.69, 9.17) is 4.98 Å². The molecule has 2 aromatic heterocycles. The first-order valence-corrected chi connectivity index (χ1v) is 8.87. The Morgan fingerprint density at radius 2 is 2.00 bits per heavy atom. The fourth-order valence-electron chi connectivity index (χ4n) is 3.07. The number of nitrogens with zero attached hydrogens (tertiary/aromatic N) is 2. The maximum atomic E-state index is 11.3. The van der Waals surface area contributed by atoms with Crippen molar-refractivity contribution < 1.29 is 9.90 Å². The second kappa shape index (κ2) is 6.72. The van der Waals surface area contributed by atoms with Crippen molar-refractivity contribution in [1.29, 1.82) is 0 Å². The second-order valence-electron chi connectivity index (χ2n) is 7.04. The highest BCUT2D eigenvalue weighted by Gasteiger charge is 2.13. The number of aromatic carboxylic acids is 1. The van der Waals surface area contributed by atoms with Gasteiger partial charge in [-0.05, 0) is 42.3 Å². The third-order valence-corrected chi connectivity index (χ3v) is 4.48. The molecule has 0 unspecified atom stereocenters. The van der Waals surface area contributed by atoms with E-state index in [2.05, 4.69) is 35.4 Å². The summed E-state index contributed by atoms with van der Waals surface area (Å²) in [5, 5.41) is 21.6. The molecule has 0 aliphatic heterocycles. The van der Waals surface area contributed by atoms with Gasteiger partial charge in [0, 0.05) is 22.9 Å². The molecule has 6 nitrogen and oxygen atoms in total. The number of anilines is 1. The molecule has 2 aromatic carbocycles. The molecular formula is C21H20N4O2. The quantitative estimate of drug-likeness (QED) is 0.486. The Morgan fingerprint density at radius 3 is 2.78 bits per heavy atom. The number of fused-ring (bicyclic) bond motifs is 2. The molecular weight excluding hydrogens is 340 g/mol. The molecule has 4 aromatic rings. The molecule has 136 valence electrons. The standard InChI is InChI=1S/C21H20N4O2/c1-12(2)10-22-19-9-15-8-14(21(26)27)4-5-17(15)24-20(19)13-3-6-18-16(7-13)11-23-25-18/h3-9,11-12,22H,10H2,1-2H3,(H,23,25)(H,26,27). The van der Waals surface area contributed by atoms with Crippen molar-refractivity contribution in [2.45, 2.75) is 13.8 Å². The number of nitrogens with one attached hydrogen (secondary N) is 2. The van der Waals surface area contributed by atoms with Gasteiger partial charge in [-0.15, -0.1) is 0 Å². The molecule has 0 aliphatic carbocycles. The van der Waals surface area contributed by atoms with E-state index in [1.807, 2.05) is 18.2 Å². The molecule has 6 heteroatoms. The first kappa shape index (κ1) is 17.0. The van der Waals surface area contributed by atoms with Crippen LogP contribution in [0.15, 0.2) is 48.7 Å². The minimum atomic E-state index is -0.942. The maximum absolute atomic E-state index is 11.3. The van der Waals surface area contributed by atoms with Gasteiger partial charge in [0.1, 0.15) is 0 Å². The van der Waals surface area contributed by atoms with E-state index in [9.17, 15) is 9.90 Å². The molecule has 0 bridgehead atoms. The van der Waals surface area contributed by atoms with Gasteiger partial charge in [-0.1, -0.05) is 19.9 Å². The van der Waals surface area contributed by atoms with E-state index in [0.717, 1.165) is 45.3 Å². The summed E-state index contributed by atoms with van der Waals surface area (Å²) < 4.78 is 0. The number of hydrogen-bond donors (Lipinski definition) is 3. The molecule has 0 atom stereocenters. The Morgan fingerprint density at radius 1 is 1.15 bits per heavy atom. The number of aromatic nitrogens is 3. The topological polar surface area (TPSA) is 90.9 Å². The SMILES string of the molecule is CC(C)CNc1cc2cc(C(=O)O)ccc2nc1-c1ccc2[nH]ncc2c1. The molecule has 4 rings (SSSR count). The summed E-state index contributed by atoms with van der Waals surface area (Å²) in [5.41, 5.74) is 4.71. The van der Waals surface area contributed by atoms with Gasteiger partial charge >= 0.3 is 5.97 Å². The minimum absolute atomic E-state index is 0.256. The van der Waals surface area contributed by atoms with Crippen LogP contribution in [0.4, 0.5) is 5.69 Å². The second-order valence-corrected chi connectivity index (χ2v) is 7.04. The van der Waals surface area contributed by atoms with Crippen molar-refractivity contribution in [3.63, 3.8) is 0 Å². The average Bonchev–Trinajstić information content (AvgIpc) is 3.12. The van der Waals surface area contributed by atoms with Gasteiger partial charge in [0.15, 0.2) is 0 Å². The highest BCUT2D eigenvalue weighted by molar-refractivity contribution is 5.96. The number of carbonyl (C=O) groups is 1. The van der Waals surface area contributed by atoms with Crippen molar-refractivity contribution in [2.75, 3.05) is 11.9 Å². The summed E-state index contributed by atoms with van der Waals surface area (Å²) in [6.45, 7) is 5.08. The first-order valence-electron chi connectivity index (χ1n) is 8.87. The van der Waals surface area contributed by atoms with Crippen LogP contribution in [0, 0.1) is 5.92 Å². The Kier molecular flexibility index (Phi) is 4.24. The minimum Gasteiger partial charge on any atom is -0.478 e. The number of hydrogen-bond acceptors (Lipinski definition) is 4. The summed E-state index contributed by atoms with van der Waals surface area (Å²) in [4.78, 5) is 16.1. The van der Waals surface area contributed by atoms with E-state index in [0.29, 0.717) is 5.92 Å². The third-order valence-electron chi connectivity index (χ3n) is 4.48. The molecule has 0 spiro atoms. The van der Waals surface area contributed by atoms with Crippen molar-refractivity contribution in [2.24, 2.45) is 5.92 Å². The van der Waals surface area contributed by atoms with Crippen molar-refractivity contribution >= 4 is 33.5 Å². The Hall–Kier alpha value is -3.41. The number of carboxylic acids is 1. The lowest BCUT2D eigenvalue weighted by Gasteiger charge is -2.15. The lowest BCUT2D eigenvalue weighted by molar-refractivity contribution is 0.0697. The number of carboxylic acid groups (broad SMARTS) is 1. The van der Waals surface area contributed by atoms with Crippen LogP contribution < -0.4 is 5.32 Å². The largest absolute Gasteiger partial charge is 0.478 e. The van der Waals surface area contributed by atoms with Crippen molar-refractivity contribution in [3.8, 4) is 11.3 Å². The van der Waals surface area contributed by atoms with Crippen LogP contribution in [0.3, 0.4) is 0 Å². The smallest absolute Gasteiger partial charge is 0.335 e. The zero-order valence-electron chi connectivity index (χ0n) is 15.2. The van der Waals surface area contributed by atoms with Crippen LogP contribution in [0.5, 0.6) is 0 Å². The lowest BCUT2D eigenvalue weighted by atomic mass is 10.0. The molecule has 0 saturated carbocycles. The maximum Gasteiger partial charge on any atom is 0.335 e. The van der Waals surface area contributed by atoms with E-state index in [1.54, 1.807) is 24.4 Å². The molecule has 2 heterocycles. The normalized spacial score (nSPS) is 11.4. The first-order chi connectivity index (χ1) is 13.0. The summed E-state index contributed by atoms with van der Waals surface area (Å²) in [6, 6.07) is 13.0. The molecule has 0 amide bonds. The molecule has 27 heavy (non-hydrogen) atoms. The summed E-state index contributed by atoms with van der Waals surface area (Å²) in [6.07, 6.45) is 1.79. The molecule has 0 radical (unpaired) electrons. The van der Waals surface area contributed by atoms with Crippen LogP contribution in [0.25, 0.3) is 33.1 Å². The van der Waals surface area contributed by atoms with Crippen LogP contribution in [-0.4, -0.2) is 32.8 Å². The van der Waals surface area contributed by atoms with Crippen LogP contribution in [0.2, 0.25) is 0 Å². The Labute approximate surface area is 156 Å². The predicted octanol–water partition coefficient (Wildman–Crippen LogP) is 4.54. The van der Waals surface area contributed by atoms with Gasteiger partial charge in [0.05, 0.1) is 34.2 Å². The summed E-state index contributed by atoms with van der Waals surface area (Å²) in [7, 11) is 0. The monoisotopic (exact) mass is 360 g/mol. The fraction of sp³-hybridized carbons (Fsp3) is 0.190. The van der Waals surface area contributed by atoms with Crippen LogP contribution in [-0.2, 0) is 0 Å². The van der Waals surface area contributed by atoms with Crippen LogP contribution >= 0.6 is 0 Å². The Bertz CT molecular complexity index is 1150. The average molecular weight is 360 g/mol. The number of benzene rings is 2. The lowest BCUT2D eigenvalue weighted by Crippen LogP contribution is -2.09. The van der Waals surface area contributed by atoms with Gasteiger partial charge in [-0.2, -0.15) is 5.10 Å². The van der Waals surface area contributed by atoms with Crippen molar-refractivity contribution in [1.82, 2.24) is 15.2 Å². The van der Waals surface area contributed by atoms with E-state index in [1.165, 1.54) is 0 Å². The van der Waals surface area contributed by atoms with E-state index in [-0.39, 0.29) is 5.56 Å². The number of pyridine rings is 1. The fourth-order valence-corrected chi connectivity index (χ4v) is 3.07. The molecule has 0 aliphatic rings. The predicted molar refractivity (Wildman–Crippen MR) is 107 cm³/mol. The summed E-state index contributed by atoms with van der Waals surface area (Å²) in [5.74, 6) is -0.474. The van der Waals surface area contributed by atoms with Crippen LogP contribution in [0.1, 0.15) is 24.2 Å². The molecule has 3 N–H and O–H groups in total. The summed E-state index contributed by atoms with van der Waals surface area (Å²) >= 11 is 0. The third kappa shape index (κ3) is 3.33. The van der Waals surface area contributed by atoms with E-state index >= 15 is 0 Å². The zero-order valence-corrected chi connectivity index (χ0v) is 15.2. The highest BCUT2D eigenvalue weighted by atomic mass is 16.4. The number of H-pyrrole nitrogens is 1. The number of aromatic amines is 1. The molecule has 0 saturated heterocycles. The number of rotatable bonds is 5. The highest BCUT2D eigenvalue weighted by Crippen LogP contribution is 2.32. The molecule has 0 fully saturated rings. The van der Waals surface area contributed by atoms with Gasteiger partial charge < -0.3 is 10.4 Å². The van der Waals surface area contributed by atoms with Gasteiger partial charge in [-0.25, -0.2) is 9.78 Å². The Balaban J connectivity index is 1.88. The van der Waals surface area contributed by atoms with E-state index < -0.39 is 5.97 Å². The zero-order chi connectivity index (χ0) is 19.0. The van der Waals surface area contributed by atoms with Gasteiger partial charge in [-0.3, -0.25) is 5.10 Å². The van der Waals surface area contributed by atoms with Crippen molar-refractivity contribution in [3.05, 3.63) is 54.2 Å². The van der Waals surface area contributed by atoms with Gasteiger partial charge in [0.25, 0.3) is 0 Å².